The van der Waals surface area contributed by atoms with E-state index in [2.05, 4.69) is 32.1 Å². The smallest absolute Gasteiger partial charge is 0.126 e. The first kappa shape index (κ1) is 13.3. The SMILES string of the molecule is CCc1ccc(CCC2C=CC(C)CC2)c(F)c1. The summed E-state index contributed by atoms with van der Waals surface area (Å²) in [7, 11) is 0. The van der Waals surface area contributed by atoms with Crippen LogP contribution in [0.15, 0.2) is 30.4 Å². The first-order chi connectivity index (χ1) is 8.69. The van der Waals surface area contributed by atoms with Gasteiger partial charge in [-0.25, -0.2) is 4.39 Å². The summed E-state index contributed by atoms with van der Waals surface area (Å²) in [6, 6.07) is 5.70. The van der Waals surface area contributed by atoms with Crippen molar-refractivity contribution >= 4 is 0 Å². The van der Waals surface area contributed by atoms with Gasteiger partial charge < -0.3 is 0 Å². The Labute approximate surface area is 110 Å². The minimum Gasteiger partial charge on any atom is -0.207 e. The van der Waals surface area contributed by atoms with Gasteiger partial charge in [0.25, 0.3) is 0 Å². The lowest BCUT2D eigenvalue weighted by atomic mass is 9.86. The van der Waals surface area contributed by atoms with Crippen molar-refractivity contribution in [3.8, 4) is 0 Å². The highest BCUT2D eigenvalue weighted by Gasteiger charge is 2.13. The Morgan fingerprint density at radius 1 is 1.22 bits per heavy atom. The zero-order chi connectivity index (χ0) is 13.0. The molecular formula is C17H23F. The largest absolute Gasteiger partial charge is 0.207 e. The second-order valence-corrected chi connectivity index (χ2v) is 5.52. The van der Waals surface area contributed by atoms with Gasteiger partial charge in [0.15, 0.2) is 0 Å². The van der Waals surface area contributed by atoms with Gasteiger partial charge in [0.2, 0.25) is 0 Å². The average molecular weight is 246 g/mol. The van der Waals surface area contributed by atoms with E-state index in [0.717, 1.165) is 36.3 Å². The Morgan fingerprint density at radius 3 is 2.67 bits per heavy atom. The van der Waals surface area contributed by atoms with Gasteiger partial charge in [-0.2, -0.15) is 0 Å². The summed E-state index contributed by atoms with van der Waals surface area (Å²) in [6.45, 7) is 4.32. The Hall–Kier alpha value is -1.11. The van der Waals surface area contributed by atoms with Crippen LogP contribution in [-0.4, -0.2) is 0 Å². The normalized spacial score (nSPS) is 23.3. The number of halogens is 1. The molecular weight excluding hydrogens is 223 g/mol. The molecule has 0 N–H and O–H groups in total. The van der Waals surface area contributed by atoms with Crippen LogP contribution in [-0.2, 0) is 12.8 Å². The molecule has 1 aromatic carbocycles. The molecule has 1 aliphatic carbocycles. The van der Waals surface area contributed by atoms with Crippen molar-refractivity contribution in [2.45, 2.75) is 46.0 Å². The first-order valence-electron chi connectivity index (χ1n) is 7.14. The second kappa shape index (κ2) is 6.17. The fourth-order valence-electron chi connectivity index (χ4n) is 2.61. The maximum Gasteiger partial charge on any atom is 0.126 e. The lowest BCUT2D eigenvalue weighted by Crippen LogP contribution is -2.07. The van der Waals surface area contributed by atoms with E-state index in [4.69, 9.17) is 0 Å². The Balaban J connectivity index is 1.92. The highest BCUT2D eigenvalue weighted by Crippen LogP contribution is 2.26. The highest BCUT2D eigenvalue weighted by molar-refractivity contribution is 5.24. The fourth-order valence-corrected chi connectivity index (χ4v) is 2.61. The molecule has 1 aromatic rings. The summed E-state index contributed by atoms with van der Waals surface area (Å²) >= 11 is 0. The van der Waals surface area contributed by atoms with E-state index in [9.17, 15) is 4.39 Å². The van der Waals surface area contributed by atoms with E-state index < -0.39 is 0 Å². The van der Waals surface area contributed by atoms with Crippen LogP contribution in [0.1, 0.15) is 44.2 Å². The Kier molecular flexibility index (Phi) is 4.57. The molecule has 2 atom stereocenters. The summed E-state index contributed by atoms with van der Waals surface area (Å²) in [4.78, 5) is 0. The molecule has 1 aliphatic rings. The number of allylic oxidation sites excluding steroid dienone is 2. The third-order valence-electron chi connectivity index (χ3n) is 4.01. The molecule has 0 spiro atoms. The predicted molar refractivity (Wildman–Crippen MR) is 75.1 cm³/mol. The zero-order valence-corrected chi connectivity index (χ0v) is 11.5. The number of benzene rings is 1. The van der Waals surface area contributed by atoms with Crippen molar-refractivity contribution in [1.82, 2.24) is 0 Å². The Morgan fingerprint density at radius 2 is 2.06 bits per heavy atom. The molecule has 0 saturated carbocycles. The van der Waals surface area contributed by atoms with Crippen LogP contribution in [0.5, 0.6) is 0 Å². The highest BCUT2D eigenvalue weighted by atomic mass is 19.1. The molecule has 98 valence electrons. The third-order valence-corrected chi connectivity index (χ3v) is 4.01. The lowest BCUT2D eigenvalue weighted by molar-refractivity contribution is 0.450. The van der Waals surface area contributed by atoms with E-state index in [1.807, 2.05) is 6.07 Å². The lowest BCUT2D eigenvalue weighted by Gasteiger charge is -2.20. The van der Waals surface area contributed by atoms with Gasteiger partial charge in [-0.1, -0.05) is 38.1 Å². The van der Waals surface area contributed by atoms with Crippen LogP contribution < -0.4 is 0 Å². The van der Waals surface area contributed by atoms with Crippen LogP contribution in [0.3, 0.4) is 0 Å². The van der Waals surface area contributed by atoms with E-state index >= 15 is 0 Å². The van der Waals surface area contributed by atoms with Crippen molar-refractivity contribution in [2.24, 2.45) is 11.8 Å². The number of hydrogen-bond donors (Lipinski definition) is 0. The molecule has 0 fully saturated rings. The predicted octanol–water partition coefficient (Wildman–Crippen LogP) is 4.92. The van der Waals surface area contributed by atoms with Gasteiger partial charge in [0, 0.05) is 0 Å². The molecule has 0 bridgehead atoms. The zero-order valence-electron chi connectivity index (χ0n) is 11.5. The van der Waals surface area contributed by atoms with Gasteiger partial charge >= 0.3 is 0 Å². The minimum atomic E-state index is -0.0255. The third kappa shape index (κ3) is 3.44. The van der Waals surface area contributed by atoms with Crippen LogP contribution in [0, 0.1) is 17.7 Å². The van der Waals surface area contributed by atoms with E-state index in [-0.39, 0.29) is 5.82 Å². The number of rotatable bonds is 4. The molecule has 1 heteroatoms. The molecule has 2 rings (SSSR count). The molecule has 2 unspecified atom stereocenters. The van der Waals surface area contributed by atoms with Gasteiger partial charge in [-0.3, -0.25) is 0 Å². The van der Waals surface area contributed by atoms with Gasteiger partial charge in [-0.05, 0) is 61.1 Å². The topological polar surface area (TPSA) is 0 Å². The fraction of sp³-hybridized carbons (Fsp3) is 0.529. The monoisotopic (exact) mass is 246 g/mol. The van der Waals surface area contributed by atoms with E-state index in [1.54, 1.807) is 6.07 Å². The van der Waals surface area contributed by atoms with E-state index in [0.29, 0.717) is 5.92 Å². The second-order valence-electron chi connectivity index (χ2n) is 5.52. The van der Waals surface area contributed by atoms with Crippen LogP contribution in [0.2, 0.25) is 0 Å². The van der Waals surface area contributed by atoms with Gasteiger partial charge in [-0.15, -0.1) is 0 Å². The molecule has 0 nitrogen and oxygen atoms in total. The summed E-state index contributed by atoms with van der Waals surface area (Å²) in [5.74, 6) is 1.34. The minimum absolute atomic E-state index is 0.0255. The summed E-state index contributed by atoms with van der Waals surface area (Å²) in [5, 5.41) is 0. The van der Waals surface area contributed by atoms with Crippen molar-refractivity contribution in [3.05, 3.63) is 47.3 Å². The maximum atomic E-state index is 13.8. The molecule has 0 amide bonds. The molecule has 0 aromatic heterocycles. The van der Waals surface area contributed by atoms with Gasteiger partial charge in [0.05, 0.1) is 0 Å². The average Bonchev–Trinajstić information content (AvgIpc) is 2.39. The van der Waals surface area contributed by atoms with Crippen LogP contribution in [0.4, 0.5) is 4.39 Å². The molecule has 0 heterocycles. The standard InChI is InChI=1S/C17H23F/c1-3-14-8-10-16(17(18)12-14)11-9-15-6-4-13(2)5-7-15/h4,6,8,10,12-13,15H,3,5,7,9,11H2,1-2H3. The Bertz CT molecular complexity index is 420. The van der Waals surface area contributed by atoms with Gasteiger partial charge in [0.1, 0.15) is 5.82 Å². The maximum absolute atomic E-state index is 13.8. The van der Waals surface area contributed by atoms with Crippen LogP contribution in [0.25, 0.3) is 0 Å². The molecule has 0 saturated heterocycles. The van der Waals surface area contributed by atoms with Crippen LogP contribution >= 0.6 is 0 Å². The summed E-state index contributed by atoms with van der Waals surface area (Å²) in [5.41, 5.74) is 1.96. The van der Waals surface area contributed by atoms with Crippen molar-refractivity contribution < 1.29 is 4.39 Å². The number of hydrogen-bond acceptors (Lipinski definition) is 0. The number of aryl methyl sites for hydroxylation is 2. The molecule has 0 radical (unpaired) electrons. The van der Waals surface area contributed by atoms with Crippen molar-refractivity contribution in [2.75, 3.05) is 0 Å². The quantitative estimate of drug-likeness (QED) is 0.661. The van der Waals surface area contributed by atoms with Crippen molar-refractivity contribution in [3.63, 3.8) is 0 Å². The van der Waals surface area contributed by atoms with Crippen molar-refractivity contribution in [1.29, 1.82) is 0 Å². The van der Waals surface area contributed by atoms with E-state index in [1.165, 1.54) is 12.8 Å². The molecule has 0 aliphatic heterocycles. The summed E-state index contributed by atoms with van der Waals surface area (Å²) < 4.78 is 13.8. The molecule has 18 heavy (non-hydrogen) atoms. The first-order valence-corrected chi connectivity index (χ1v) is 7.14. The summed E-state index contributed by atoms with van der Waals surface area (Å²) in [6.07, 6.45) is 10.0.